The molecule has 0 saturated heterocycles. The van der Waals surface area contributed by atoms with E-state index in [1.54, 1.807) is 0 Å². The van der Waals surface area contributed by atoms with Crippen LogP contribution in [0.3, 0.4) is 0 Å². The Hall–Kier alpha value is -1.02. The molecule has 1 aliphatic rings. The van der Waals surface area contributed by atoms with E-state index in [1.807, 2.05) is 6.92 Å². The molecule has 0 heterocycles. The van der Waals surface area contributed by atoms with Gasteiger partial charge >= 0.3 is 0 Å². The maximum atomic E-state index is 5.47. The Morgan fingerprint density at radius 3 is 2.56 bits per heavy atom. The zero-order valence-corrected chi connectivity index (χ0v) is 11.8. The fraction of sp³-hybridized carbons (Fsp3) is 0.625. The molecule has 3 unspecified atom stereocenters. The highest BCUT2D eigenvalue weighted by Crippen LogP contribution is 2.27. The van der Waals surface area contributed by atoms with Gasteiger partial charge in [-0.2, -0.15) is 0 Å². The molecule has 2 heteroatoms. The van der Waals surface area contributed by atoms with Gasteiger partial charge in [0.05, 0.1) is 6.61 Å². The predicted octanol–water partition coefficient (Wildman–Crippen LogP) is 3.92. The first-order valence-electron chi connectivity index (χ1n) is 7.17. The first-order chi connectivity index (χ1) is 8.69. The molecule has 1 fully saturated rings. The normalized spacial score (nSPS) is 25.1. The molecular weight excluding hydrogens is 222 g/mol. The zero-order chi connectivity index (χ0) is 13.0. The maximum Gasteiger partial charge on any atom is 0.119 e. The van der Waals surface area contributed by atoms with Crippen LogP contribution in [0.4, 0.5) is 0 Å². The van der Waals surface area contributed by atoms with Crippen molar-refractivity contribution in [1.29, 1.82) is 0 Å². The maximum absolute atomic E-state index is 5.47. The third kappa shape index (κ3) is 3.49. The van der Waals surface area contributed by atoms with Gasteiger partial charge in [0.15, 0.2) is 0 Å². The van der Waals surface area contributed by atoms with E-state index in [1.165, 1.54) is 24.8 Å². The molecule has 18 heavy (non-hydrogen) atoms. The summed E-state index contributed by atoms with van der Waals surface area (Å²) in [6.45, 7) is 7.34. The Morgan fingerprint density at radius 2 is 2.00 bits per heavy atom. The van der Waals surface area contributed by atoms with Gasteiger partial charge in [0.25, 0.3) is 0 Å². The summed E-state index contributed by atoms with van der Waals surface area (Å²) in [6.07, 6.45) is 4.01. The Balaban J connectivity index is 1.90. The molecule has 3 atom stereocenters. The molecular formula is C16H25NO. The van der Waals surface area contributed by atoms with Crippen LogP contribution < -0.4 is 10.1 Å². The average molecular weight is 247 g/mol. The second-order valence-electron chi connectivity index (χ2n) is 5.51. The lowest BCUT2D eigenvalue weighted by atomic mass is 10.1. The highest BCUT2D eigenvalue weighted by molar-refractivity contribution is 5.29. The van der Waals surface area contributed by atoms with Gasteiger partial charge in [0.2, 0.25) is 0 Å². The SMILES string of the molecule is CCOc1ccc(C(C)NC2CCC(C)C2)cc1. The minimum Gasteiger partial charge on any atom is -0.494 e. The first kappa shape index (κ1) is 13.4. The molecule has 0 bridgehead atoms. The van der Waals surface area contributed by atoms with E-state index in [2.05, 4.69) is 43.4 Å². The van der Waals surface area contributed by atoms with E-state index in [0.717, 1.165) is 18.3 Å². The van der Waals surface area contributed by atoms with Gasteiger partial charge in [-0.25, -0.2) is 0 Å². The zero-order valence-electron chi connectivity index (χ0n) is 11.8. The Morgan fingerprint density at radius 1 is 1.28 bits per heavy atom. The fourth-order valence-electron chi connectivity index (χ4n) is 2.83. The first-order valence-corrected chi connectivity index (χ1v) is 7.17. The smallest absolute Gasteiger partial charge is 0.119 e. The topological polar surface area (TPSA) is 21.3 Å². The number of hydrogen-bond donors (Lipinski definition) is 1. The molecule has 1 aromatic rings. The number of ether oxygens (including phenoxy) is 1. The lowest BCUT2D eigenvalue weighted by Gasteiger charge is -2.20. The Bertz CT molecular complexity index is 360. The molecule has 1 aliphatic carbocycles. The standard InChI is InChI=1S/C16H25NO/c1-4-18-16-9-6-14(7-10-16)13(3)17-15-8-5-12(2)11-15/h6-7,9-10,12-13,15,17H,4-5,8,11H2,1-3H3. The van der Waals surface area contributed by atoms with Crippen LogP contribution in [0.25, 0.3) is 0 Å². The van der Waals surface area contributed by atoms with Crippen molar-refractivity contribution in [1.82, 2.24) is 5.32 Å². The van der Waals surface area contributed by atoms with Crippen LogP contribution in [-0.2, 0) is 0 Å². The number of hydrogen-bond acceptors (Lipinski definition) is 2. The van der Waals surface area contributed by atoms with Crippen molar-refractivity contribution in [3.63, 3.8) is 0 Å². The minimum absolute atomic E-state index is 0.427. The van der Waals surface area contributed by atoms with Crippen molar-refractivity contribution in [3.05, 3.63) is 29.8 Å². The largest absolute Gasteiger partial charge is 0.494 e. The van der Waals surface area contributed by atoms with Crippen molar-refractivity contribution in [2.75, 3.05) is 6.61 Å². The van der Waals surface area contributed by atoms with Crippen LogP contribution in [0.5, 0.6) is 5.75 Å². The van der Waals surface area contributed by atoms with E-state index in [9.17, 15) is 0 Å². The van der Waals surface area contributed by atoms with Crippen LogP contribution in [-0.4, -0.2) is 12.6 Å². The second kappa shape index (κ2) is 6.24. The van der Waals surface area contributed by atoms with E-state index < -0.39 is 0 Å². The molecule has 0 radical (unpaired) electrons. The van der Waals surface area contributed by atoms with Gasteiger partial charge in [0, 0.05) is 12.1 Å². The fourth-order valence-corrected chi connectivity index (χ4v) is 2.83. The van der Waals surface area contributed by atoms with Crippen molar-refractivity contribution in [3.8, 4) is 5.75 Å². The van der Waals surface area contributed by atoms with Crippen molar-refractivity contribution < 1.29 is 4.74 Å². The van der Waals surface area contributed by atoms with Gasteiger partial charge < -0.3 is 10.1 Å². The van der Waals surface area contributed by atoms with Crippen LogP contribution in [0.15, 0.2) is 24.3 Å². The highest BCUT2D eigenvalue weighted by Gasteiger charge is 2.22. The molecule has 100 valence electrons. The quantitative estimate of drug-likeness (QED) is 0.851. The highest BCUT2D eigenvalue weighted by atomic mass is 16.5. The van der Waals surface area contributed by atoms with Gasteiger partial charge in [0.1, 0.15) is 5.75 Å². The van der Waals surface area contributed by atoms with Crippen LogP contribution in [0, 0.1) is 5.92 Å². The summed E-state index contributed by atoms with van der Waals surface area (Å²) in [5.41, 5.74) is 1.35. The molecule has 1 N–H and O–H groups in total. The Labute approximate surface area is 111 Å². The summed E-state index contributed by atoms with van der Waals surface area (Å²) in [4.78, 5) is 0. The molecule has 0 amide bonds. The third-order valence-electron chi connectivity index (χ3n) is 3.87. The van der Waals surface area contributed by atoms with Gasteiger partial charge in [-0.1, -0.05) is 19.1 Å². The molecule has 2 nitrogen and oxygen atoms in total. The molecule has 2 rings (SSSR count). The van der Waals surface area contributed by atoms with Gasteiger partial charge in [-0.05, 0) is 56.7 Å². The lowest BCUT2D eigenvalue weighted by Crippen LogP contribution is -2.29. The molecule has 0 aliphatic heterocycles. The Kier molecular flexibility index (Phi) is 4.65. The summed E-state index contributed by atoms with van der Waals surface area (Å²) in [5, 5.41) is 3.74. The van der Waals surface area contributed by atoms with E-state index in [-0.39, 0.29) is 0 Å². The molecule has 1 saturated carbocycles. The van der Waals surface area contributed by atoms with E-state index in [4.69, 9.17) is 4.74 Å². The summed E-state index contributed by atoms with van der Waals surface area (Å²) in [5.74, 6) is 1.85. The molecule has 0 spiro atoms. The minimum atomic E-state index is 0.427. The summed E-state index contributed by atoms with van der Waals surface area (Å²) in [7, 11) is 0. The monoisotopic (exact) mass is 247 g/mol. The number of nitrogens with one attached hydrogen (secondary N) is 1. The van der Waals surface area contributed by atoms with Crippen LogP contribution in [0.1, 0.15) is 51.6 Å². The summed E-state index contributed by atoms with van der Waals surface area (Å²) >= 11 is 0. The summed E-state index contributed by atoms with van der Waals surface area (Å²) in [6, 6.07) is 9.59. The molecule has 0 aromatic heterocycles. The van der Waals surface area contributed by atoms with E-state index >= 15 is 0 Å². The van der Waals surface area contributed by atoms with Crippen LogP contribution in [0.2, 0.25) is 0 Å². The third-order valence-corrected chi connectivity index (χ3v) is 3.87. The van der Waals surface area contributed by atoms with Crippen LogP contribution >= 0.6 is 0 Å². The lowest BCUT2D eigenvalue weighted by molar-refractivity contribution is 0.340. The van der Waals surface area contributed by atoms with Crippen molar-refractivity contribution >= 4 is 0 Å². The summed E-state index contributed by atoms with van der Waals surface area (Å²) < 4.78 is 5.47. The van der Waals surface area contributed by atoms with Crippen molar-refractivity contribution in [2.45, 2.75) is 52.1 Å². The molecule has 1 aromatic carbocycles. The number of benzene rings is 1. The van der Waals surface area contributed by atoms with Gasteiger partial charge in [-0.3, -0.25) is 0 Å². The van der Waals surface area contributed by atoms with E-state index in [0.29, 0.717) is 12.1 Å². The average Bonchev–Trinajstić information content (AvgIpc) is 2.76. The number of rotatable bonds is 5. The van der Waals surface area contributed by atoms with Crippen molar-refractivity contribution in [2.24, 2.45) is 5.92 Å². The van der Waals surface area contributed by atoms with Gasteiger partial charge in [-0.15, -0.1) is 0 Å². The predicted molar refractivity (Wildman–Crippen MR) is 76.0 cm³/mol. The second-order valence-corrected chi connectivity index (χ2v) is 5.51.